The Morgan fingerprint density at radius 2 is 1.76 bits per heavy atom. The molecule has 2 aromatic rings. The van der Waals surface area contributed by atoms with Crippen molar-refractivity contribution >= 4 is 11.8 Å². The van der Waals surface area contributed by atoms with Crippen LogP contribution >= 0.6 is 0 Å². The lowest BCUT2D eigenvalue weighted by molar-refractivity contribution is -0.121. The molecule has 6 nitrogen and oxygen atoms in total. The second kappa shape index (κ2) is 10.8. The van der Waals surface area contributed by atoms with Crippen LogP contribution in [0, 0.1) is 17.2 Å². The highest BCUT2D eigenvalue weighted by Crippen LogP contribution is 2.41. The largest absolute Gasteiger partial charge is 0.493 e. The Balaban J connectivity index is 1.14. The van der Waals surface area contributed by atoms with Crippen molar-refractivity contribution in [3.8, 4) is 16.9 Å². The van der Waals surface area contributed by atoms with Crippen LogP contribution in [-0.4, -0.2) is 60.4 Å². The van der Waals surface area contributed by atoms with Gasteiger partial charge in [0.25, 0.3) is 5.91 Å². The highest BCUT2D eigenvalue weighted by molar-refractivity contribution is 5.98. The second-order valence-corrected chi connectivity index (χ2v) is 11.5. The number of piperidine rings is 1. The van der Waals surface area contributed by atoms with Gasteiger partial charge in [0.15, 0.2) is 0 Å². The van der Waals surface area contributed by atoms with Crippen molar-refractivity contribution in [2.24, 2.45) is 17.1 Å². The maximum absolute atomic E-state index is 15.0. The third kappa shape index (κ3) is 5.82. The van der Waals surface area contributed by atoms with Gasteiger partial charge in [-0.2, -0.15) is 0 Å². The molecule has 5 rings (SSSR count). The second-order valence-electron chi connectivity index (χ2n) is 11.5. The number of carbonyl (C=O) groups excluding carboxylic acids is 2. The average Bonchev–Trinajstić information content (AvgIpc) is 3.38. The summed E-state index contributed by atoms with van der Waals surface area (Å²) in [6.45, 7) is 7.13. The minimum absolute atomic E-state index is 0.224. The van der Waals surface area contributed by atoms with Crippen LogP contribution in [-0.2, 0) is 4.79 Å². The number of hydrogen-bond acceptors (Lipinski definition) is 4. The molecule has 0 aromatic heterocycles. The monoisotopic (exact) mass is 507 g/mol. The van der Waals surface area contributed by atoms with Gasteiger partial charge in [0, 0.05) is 24.2 Å². The molecule has 2 N–H and O–H groups in total. The van der Waals surface area contributed by atoms with Crippen LogP contribution in [0.15, 0.2) is 42.5 Å². The summed E-state index contributed by atoms with van der Waals surface area (Å²) >= 11 is 0. The van der Waals surface area contributed by atoms with Crippen LogP contribution in [0.4, 0.5) is 4.39 Å². The lowest BCUT2D eigenvalue weighted by Crippen LogP contribution is -2.44. The number of likely N-dealkylation sites (tertiary alicyclic amines) is 2. The topological polar surface area (TPSA) is 75.9 Å². The van der Waals surface area contributed by atoms with E-state index in [1.165, 1.54) is 49.6 Å². The van der Waals surface area contributed by atoms with Crippen molar-refractivity contribution in [3.63, 3.8) is 0 Å². The van der Waals surface area contributed by atoms with Gasteiger partial charge < -0.3 is 20.3 Å². The van der Waals surface area contributed by atoms with Crippen molar-refractivity contribution in [1.82, 2.24) is 9.80 Å². The van der Waals surface area contributed by atoms with Crippen molar-refractivity contribution < 1.29 is 18.7 Å². The fourth-order valence-electron chi connectivity index (χ4n) is 6.09. The molecule has 2 amide bonds. The van der Waals surface area contributed by atoms with Crippen LogP contribution in [0.3, 0.4) is 0 Å². The molecule has 0 bridgehead atoms. The molecule has 3 aliphatic rings. The Bertz CT molecular complexity index is 1120. The Morgan fingerprint density at radius 3 is 2.38 bits per heavy atom. The van der Waals surface area contributed by atoms with E-state index in [0.717, 1.165) is 24.4 Å². The quantitative estimate of drug-likeness (QED) is 0.554. The highest BCUT2D eigenvalue weighted by Gasteiger charge is 2.35. The van der Waals surface area contributed by atoms with E-state index in [-0.39, 0.29) is 11.5 Å². The molecule has 7 heteroatoms. The van der Waals surface area contributed by atoms with Gasteiger partial charge in [-0.1, -0.05) is 31.5 Å². The zero-order valence-corrected chi connectivity index (χ0v) is 21.8. The summed E-state index contributed by atoms with van der Waals surface area (Å²) in [6, 6.07) is 11.3. The lowest BCUT2D eigenvalue weighted by atomic mass is 9.70. The molecule has 37 heavy (non-hydrogen) atoms. The summed E-state index contributed by atoms with van der Waals surface area (Å²) in [5.41, 5.74) is 7.33. The van der Waals surface area contributed by atoms with Gasteiger partial charge in [-0.3, -0.25) is 9.59 Å². The first-order valence-corrected chi connectivity index (χ1v) is 13.7. The van der Waals surface area contributed by atoms with Crippen LogP contribution in [0.5, 0.6) is 5.75 Å². The third-order valence-corrected chi connectivity index (χ3v) is 8.58. The molecule has 2 heterocycles. The number of amides is 2. The van der Waals surface area contributed by atoms with Gasteiger partial charge in [0.05, 0.1) is 6.61 Å². The van der Waals surface area contributed by atoms with Crippen LogP contribution in [0.25, 0.3) is 11.1 Å². The molecule has 1 aliphatic carbocycles. The number of nitrogens with two attached hydrogens (primary N) is 1. The predicted octanol–water partition coefficient (Wildman–Crippen LogP) is 4.86. The zero-order valence-electron chi connectivity index (χ0n) is 21.8. The summed E-state index contributed by atoms with van der Waals surface area (Å²) in [4.78, 5) is 28.5. The molecule has 3 fully saturated rings. The van der Waals surface area contributed by atoms with E-state index in [4.69, 9.17) is 10.5 Å². The standard InChI is InChI=1S/C30H38FN3O3/c1-30(13-3-14-30)20-33-16-11-21(12-17-33)19-37-24-8-5-22(6-9-24)25-10-7-23(18-26(25)31)29(36)34-15-2-4-27(34)28(32)35/h5-10,18,21,27H,2-4,11-17,19-20H2,1H3,(H2,32,35). The molecule has 2 saturated heterocycles. The molecule has 198 valence electrons. The fourth-order valence-corrected chi connectivity index (χ4v) is 6.09. The fraction of sp³-hybridized carbons (Fsp3) is 0.533. The summed E-state index contributed by atoms with van der Waals surface area (Å²) < 4.78 is 21.1. The van der Waals surface area contributed by atoms with Crippen molar-refractivity contribution in [2.45, 2.75) is 57.9 Å². The molecule has 1 saturated carbocycles. The van der Waals surface area contributed by atoms with Crippen LogP contribution in [0.1, 0.15) is 62.2 Å². The van der Waals surface area contributed by atoms with E-state index in [2.05, 4.69) is 11.8 Å². The first kappa shape index (κ1) is 25.7. The number of ether oxygens (including phenoxy) is 1. The third-order valence-electron chi connectivity index (χ3n) is 8.58. The number of rotatable bonds is 8. The molecule has 2 aliphatic heterocycles. The SMILES string of the molecule is CC1(CN2CCC(COc3ccc(-c4ccc(C(=O)N5CCCC5C(N)=O)cc4F)cc3)CC2)CCC1. The van der Waals surface area contributed by atoms with Gasteiger partial charge in [0.1, 0.15) is 17.6 Å². The van der Waals surface area contributed by atoms with Gasteiger partial charge in [-0.25, -0.2) is 4.39 Å². The maximum Gasteiger partial charge on any atom is 0.254 e. The van der Waals surface area contributed by atoms with E-state index in [0.29, 0.717) is 42.9 Å². The molecule has 2 aromatic carbocycles. The number of primary amides is 1. The lowest BCUT2D eigenvalue weighted by Gasteiger charge is -2.44. The minimum atomic E-state index is -0.619. The highest BCUT2D eigenvalue weighted by atomic mass is 19.1. The Hall–Kier alpha value is -2.93. The van der Waals surface area contributed by atoms with Crippen molar-refractivity contribution in [3.05, 3.63) is 53.8 Å². The van der Waals surface area contributed by atoms with E-state index in [1.54, 1.807) is 12.1 Å². The molecule has 0 radical (unpaired) electrons. The van der Waals surface area contributed by atoms with Gasteiger partial charge in [-0.05, 0) is 92.8 Å². The molecule has 0 spiro atoms. The predicted molar refractivity (Wildman–Crippen MR) is 142 cm³/mol. The Kier molecular flexibility index (Phi) is 7.52. The molecular formula is C30H38FN3O3. The van der Waals surface area contributed by atoms with E-state index in [9.17, 15) is 14.0 Å². The van der Waals surface area contributed by atoms with E-state index in [1.807, 2.05) is 24.3 Å². The van der Waals surface area contributed by atoms with E-state index >= 15 is 0 Å². The van der Waals surface area contributed by atoms with E-state index < -0.39 is 17.8 Å². The molecule has 1 unspecified atom stereocenters. The maximum atomic E-state index is 15.0. The summed E-state index contributed by atoms with van der Waals surface area (Å²) in [5.74, 6) is -0.00574. The molecular weight excluding hydrogens is 469 g/mol. The zero-order chi connectivity index (χ0) is 26.0. The van der Waals surface area contributed by atoms with Crippen molar-refractivity contribution in [1.29, 1.82) is 0 Å². The minimum Gasteiger partial charge on any atom is -0.493 e. The van der Waals surface area contributed by atoms with Crippen LogP contribution in [0.2, 0.25) is 0 Å². The number of carbonyl (C=O) groups is 2. The summed E-state index contributed by atoms with van der Waals surface area (Å²) in [5, 5.41) is 0. The number of benzene rings is 2. The Labute approximate surface area is 219 Å². The summed E-state index contributed by atoms with van der Waals surface area (Å²) in [6.07, 6.45) is 7.73. The Morgan fingerprint density at radius 1 is 1.03 bits per heavy atom. The first-order valence-electron chi connectivity index (χ1n) is 13.7. The average molecular weight is 508 g/mol. The molecule has 1 atom stereocenters. The normalized spacial score (nSPS) is 22.0. The smallest absolute Gasteiger partial charge is 0.254 e. The van der Waals surface area contributed by atoms with Crippen molar-refractivity contribution in [2.75, 3.05) is 32.8 Å². The van der Waals surface area contributed by atoms with Gasteiger partial charge in [0.2, 0.25) is 5.91 Å². The van der Waals surface area contributed by atoms with Gasteiger partial charge >= 0.3 is 0 Å². The van der Waals surface area contributed by atoms with Crippen LogP contribution < -0.4 is 10.5 Å². The summed E-state index contributed by atoms with van der Waals surface area (Å²) in [7, 11) is 0. The number of hydrogen-bond donors (Lipinski definition) is 1. The number of nitrogens with zero attached hydrogens (tertiary/aromatic N) is 2. The first-order chi connectivity index (χ1) is 17.8. The van der Waals surface area contributed by atoms with Gasteiger partial charge in [-0.15, -0.1) is 0 Å². The number of halogens is 1.